The predicted molar refractivity (Wildman–Crippen MR) is 66.1 cm³/mol. The molecule has 0 aliphatic carbocycles. The molecule has 0 spiro atoms. The summed E-state index contributed by atoms with van der Waals surface area (Å²) in [4.78, 5) is 12.0. The molecule has 5 heteroatoms. The Balaban J connectivity index is 0.00000162. The zero-order chi connectivity index (χ0) is 12.4. The lowest BCUT2D eigenvalue weighted by atomic mass is 10.1. The average molecular weight is 330 g/mol. The van der Waals surface area contributed by atoms with Crippen molar-refractivity contribution in [3.05, 3.63) is 53.1 Å². The number of imidazole rings is 1. The molecule has 0 aliphatic heterocycles. The molecular weight excluding hydrogens is 316 g/mol. The molecule has 0 saturated carbocycles. The Labute approximate surface area is 122 Å². The van der Waals surface area contributed by atoms with Gasteiger partial charge < -0.3 is 17.0 Å². The molecule has 0 radical (unpaired) electrons. The third-order valence-electron chi connectivity index (χ3n) is 2.88. The molecule has 0 saturated heterocycles. The van der Waals surface area contributed by atoms with Crippen LogP contribution >= 0.6 is 11.6 Å². The zero-order valence-corrected chi connectivity index (χ0v) is 12.6. The third kappa shape index (κ3) is 3.21. The van der Waals surface area contributed by atoms with E-state index in [4.69, 9.17) is 11.6 Å². The summed E-state index contributed by atoms with van der Waals surface area (Å²) in [5, 5.41) is 0.644. The van der Waals surface area contributed by atoms with Gasteiger partial charge in [0.2, 0.25) is 5.78 Å². The van der Waals surface area contributed by atoms with E-state index in [0.717, 1.165) is 5.82 Å². The minimum Gasteiger partial charge on any atom is -1.00 e. The van der Waals surface area contributed by atoms with Gasteiger partial charge in [-0.3, -0.25) is 4.79 Å². The van der Waals surface area contributed by atoms with Gasteiger partial charge in [-0.05, 0) is 24.3 Å². The monoisotopic (exact) mass is 328 g/mol. The first-order valence-corrected chi connectivity index (χ1v) is 5.76. The first-order chi connectivity index (χ1) is 8.08. The van der Waals surface area contributed by atoms with Gasteiger partial charge >= 0.3 is 0 Å². The first kappa shape index (κ1) is 14.9. The number of carbonyl (C=O) groups excluding carboxylic acids is 1. The molecule has 3 nitrogen and oxygen atoms in total. The summed E-state index contributed by atoms with van der Waals surface area (Å²) in [6, 6.07) is 6.97. The van der Waals surface area contributed by atoms with Crippen molar-refractivity contribution < 1.29 is 26.3 Å². The molecule has 1 aromatic carbocycles. The number of nitrogens with zero attached hydrogens (tertiary/aromatic N) is 2. The van der Waals surface area contributed by atoms with Crippen LogP contribution in [0.4, 0.5) is 0 Å². The SMILES string of the molecule is Cc1n(CC(=O)c2ccc(Cl)cc2)cc[n+]1C.[Br-]. The summed E-state index contributed by atoms with van der Waals surface area (Å²) in [6.45, 7) is 2.34. The first-order valence-electron chi connectivity index (χ1n) is 5.38. The molecule has 0 aliphatic rings. The van der Waals surface area contributed by atoms with Crippen molar-refractivity contribution in [1.29, 1.82) is 0 Å². The number of aromatic nitrogens is 2. The van der Waals surface area contributed by atoms with Crippen molar-refractivity contribution in [2.45, 2.75) is 13.5 Å². The molecule has 18 heavy (non-hydrogen) atoms. The Bertz CT molecular complexity index is 549. The second-order valence-electron chi connectivity index (χ2n) is 4.01. The maximum Gasteiger partial charge on any atom is 0.253 e. The van der Waals surface area contributed by atoms with Gasteiger partial charge in [0, 0.05) is 17.5 Å². The lowest BCUT2D eigenvalue weighted by Crippen LogP contribution is -3.00. The van der Waals surface area contributed by atoms with Crippen molar-refractivity contribution in [3.63, 3.8) is 0 Å². The molecule has 0 N–H and O–H groups in total. The number of aryl methyl sites for hydroxylation is 1. The molecular formula is C13H14BrClN2O. The summed E-state index contributed by atoms with van der Waals surface area (Å²) in [5.74, 6) is 1.13. The maximum atomic E-state index is 12.0. The largest absolute Gasteiger partial charge is 1.00 e. The second-order valence-corrected chi connectivity index (χ2v) is 4.45. The van der Waals surface area contributed by atoms with E-state index in [2.05, 4.69) is 0 Å². The quantitative estimate of drug-likeness (QED) is 0.533. The van der Waals surface area contributed by atoms with Gasteiger partial charge in [0.25, 0.3) is 5.82 Å². The van der Waals surface area contributed by atoms with Crippen molar-refractivity contribution in [1.82, 2.24) is 4.57 Å². The van der Waals surface area contributed by atoms with Crippen LogP contribution in [-0.2, 0) is 13.6 Å². The zero-order valence-electron chi connectivity index (χ0n) is 10.2. The van der Waals surface area contributed by atoms with E-state index in [0.29, 0.717) is 17.1 Å². The molecule has 0 unspecified atom stereocenters. The molecule has 0 atom stereocenters. The van der Waals surface area contributed by atoms with E-state index in [-0.39, 0.29) is 22.8 Å². The van der Waals surface area contributed by atoms with Crippen molar-refractivity contribution >= 4 is 17.4 Å². The van der Waals surface area contributed by atoms with Crippen LogP contribution in [0.15, 0.2) is 36.7 Å². The van der Waals surface area contributed by atoms with Crippen LogP contribution in [0.25, 0.3) is 0 Å². The van der Waals surface area contributed by atoms with Gasteiger partial charge in [-0.1, -0.05) is 11.6 Å². The Morgan fingerprint density at radius 1 is 1.33 bits per heavy atom. The molecule has 1 aromatic heterocycles. The van der Waals surface area contributed by atoms with Gasteiger partial charge in [-0.25, -0.2) is 9.13 Å². The lowest BCUT2D eigenvalue weighted by Gasteiger charge is -2.00. The number of hydrogen-bond donors (Lipinski definition) is 0. The van der Waals surface area contributed by atoms with E-state index in [1.165, 1.54) is 0 Å². The lowest BCUT2D eigenvalue weighted by molar-refractivity contribution is -0.677. The van der Waals surface area contributed by atoms with Crippen LogP contribution in [0.2, 0.25) is 5.02 Å². The Morgan fingerprint density at radius 2 is 1.94 bits per heavy atom. The fourth-order valence-electron chi connectivity index (χ4n) is 1.65. The van der Waals surface area contributed by atoms with E-state index in [1.807, 2.05) is 35.5 Å². The van der Waals surface area contributed by atoms with E-state index in [9.17, 15) is 4.79 Å². The fraction of sp³-hybridized carbons (Fsp3) is 0.231. The number of rotatable bonds is 3. The van der Waals surface area contributed by atoms with Gasteiger partial charge in [0.15, 0.2) is 6.54 Å². The Hall–Kier alpha value is -1.13. The Kier molecular flexibility index (Phi) is 5.11. The number of benzene rings is 1. The van der Waals surface area contributed by atoms with Crippen molar-refractivity contribution in [2.75, 3.05) is 0 Å². The van der Waals surface area contributed by atoms with Gasteiger partial charge in [0.1, 0.15) is 12.4 Å². The number of halogens is 2. The van der Waals surface area contributed by atoms with Gasteiger partial charge in [-0.2, -0.15) is 0 Å². The second kappa shape index (κ2) is 6.16. The highest BCUT2D eigenvalue weighted by molar-refractivity contribution is 6.30. The summed E-state index contributed by atoms with van der Waals surface area (Å²) >= 11 is 5.79. The average Bonchev–Trinajstić information content (AvgIpc) is 2.62. The molecule has 96 valence electrons. The summed E-state index contributed by atoms with van der Waals surface area (Å²) in [5.41, 5.74) is 0.685. The number of carbonyl (C=O) groups is 1. The van der Waals surface area contributed by atoms with Crippen LogP contribution in [0.1, 0.15) is 16.2 Å². The third-order valence-corrected chi connectivity index (χ3v) is 3.13. The van der Waals surface area contributed by atoms with Crippen molar-refractivity contribution in [3.8, 4) is 0 Å². The minimum absolute atomic E-state index is 0. The summed E-state index contributed by atoms with van der Waals surface area (Å²) in [7, 11) is 1.96. The highest BCUT2D eigenvalue weighted by Crippen LogP contribution is 2.10. The molecule has 0 fully saturated rings. The van der Waals surface area contributed by atoms with E-state index < -0.39 is 0 Å². The molecule has 2 rings (SSSR count). The molecule has 1 heterocycles. The number of hydrogen-bond acceptors (Lipinski definition) is 1. The van der Waals surface area contributed by atoms with E-state index in [1.54, 1.807) is 24.3 Å². The fourth-order valence-corrected chi connectivity index (χ4v) is 1.77. The standard InChI is InChI=1S/C13H14ClN2O.BrH/c1-10-15(2)7-8-16(10)9-13(17)11-3-5-12(14)6-4-11;/h3-8H,9H2,1-2H3;1H/q+1;/p-1. The normalized spacial score (nSPS) is 9.94. The highest BCUT2D eigenvalue weighted by Gasteiger charge is 2.14. The molecule has 2 aromatic rings. The van der Waals surface area contributed by atoms with Crippen molar-refractivity contribution in [2.24, 2.45) is 7.05 Å². The number of Topliss-reactive ketones (excluding diaryl/α,β-unsaturated/α-hetero) is 1. The molecule has 0 amide bonds. The van der Waals surface area contributed by atoms with Crippen LogP contribution in [-0.4, -0.2) is 10.4 Å². The predicted octanol–water partition coefficient (Wildman–Crippen LogP) is -0.839. The van der Waals surface area contributed by atoms with E-state index >= 15 is 0 Å². The topological polar surface area (TPSA) is 25.9 Å². The van der Waals surface area contributed by atoms with Crippen LogP contribution in [0.3, 0.4) is 0 Å². The van der Waals surface area contributed by atoms with Gasteiger partial charge in [0.05, 0.1) is 7.05 Å². The van der Waals surface area contributed by atoms with Crippen LogP contribution in [0, 0.1) is 6.92 Å². The smallest absolute Gasteiger partial charge is 0.253 e. The number of ketones is 1. The van der Waals surface area contributed by atoms with Crippen LogP contribution in [0.5, 0.6) is 0 Å². The summed E-state index contributed by atoms with van der Waals surface area (Å²) in [6.07, 6.45) is 3.84. The van der Waals surface area contributed by atoms with Crippen LogP contribution < -0.4 is 21.5 Å². The summed E-state index contributed by atoms with van der Waals surface area (Å²) < 4.78 is 3.91. The minimum atomic E-state index is 0. The molecule has 0 bridgehead atoms. The highest BCUT2D eigenvalue weighted by atomic mass is 79.9. The van der Waals surface area contributed by atoms with Gasteiger partial charge in [-0.15, -0.1) is 0 Å². The Morgan fingerprint density at radius 3 is 2.44 bits per heavy atom. The maximum absolute atomic E-state index is 12.0.